The molecule has 1 fully saturated rings. The molecule has 0 bridgehead atoms. The van der Waals surface area contributed by atoms with E-state index in [4.69, 9.17) is 28.9 Å². The first-order chi connectivity index (χ1) is 9.52. The first-order valence-corrected chi connectivity index (χ1v) is 7.39. The normalized spacial score (nSPS) is 17.2. The summed E-state index contributed by atoms with van der Waals surface area (Å²) in [5, 5.41) is 1.05. The van der Waals surface area contributed by atoms with E-state index in [-0.39, 0.29) is 5.91 Å². The molecule has 2 N–H and O–H groups in total. The van der Waals surface area contributed by atoms with E-state index in [1.165, 1.54) is 0 Å². The van der Waals surface area contributed by atoms with Gasteiger partial charge in [0.05, 0.1) is 16.1 Å². The van der Waals surface area contributed by atoms with Gasteiger partial charge in [-0.1, -0.05) is 30.1 Å². The highest BCUT2D eigenvalue weighted by Gasteiger charge is 2.25. The Bertz CT molecular complexity index is 489. The van der Waals surface area contributed by atoms with Crippen LogP contribution in [0.25, 0.3) is 0 Å². The van der Waals surface area contributed by atoms with Crippen molar-refractivity contribution < 1.29 is 4.79 Å². The van der Waals surface area contributed by atoms with Crippen LogP contribution in [0.4, 0.5) is 5.82 Å². The lowest BCUT2D eigenvalue weighted by Gasteiger charge is -2.36. The smallest absolute Gasteiger partial charge is 0.239 e. The Morgan fingerprint density at radius 2 is 2.05 bits per heavy atom. The Morgan fingerprint density at radius 3 is 2.60 bits per heavy atom. The number of anilines is 1. The lowest BCUT2D eigenvalue weighted by molar-refractivity contribution is -0.132. The average Bonchev–Trinajstić information content (AvgIpc) is 2.46. The second-order valence-corrected chi connectivity index (χ2v) is 5.63. The number of amides is 1. The fourth-order valence-corrected chi connectivity index (χ4v) is 2.69. The van der Waals surface area contributed by atoms with E-state index in [0.717, 1.165) is 0 Å². The summed E-state index contributed by atoms with van der Waals surface area (Å²) in [6, 6.07) is 1.27. The molecule has 1 aliphatic heterocycles. The summed E-state index contributed by atoms with van der Waals surface area (Å²) in [6.45, 7) is 4.56. The number of piperazine rings is 1. The topological polar surface area (TPSA) is 62.5 Å². The van der Waals surface area contributed by atoms with Gasteiger partial charge in [0.25, 0.3) is 0 Å². The van der Waals surface area contributed by atoms with Crippen molar-refractivity contribution in [2.75, 3.05) is 31.1 Å². The summed E-state index contributed by atoms with van der Waals surface area (Å²) in [6.07, 6.45) is 2.23. The van der Waals surface area contributed by atoms with Crippen LogP contribution in [0.3, 0.4) is 0 Å². The molecule has 110 valence electrons. The lowest BCUT2D eigenvalue weighted by Crippen LogP contribution is -2.53. The van der Waals surface area contributed by atoms with Crippen LogP contribution in [0.2, 0.25) is 10.0 Å². The standard InChI is InChI=1S/C13H18Cl2N4O/c1-2-11(16)13(20)19-5-3-18(4-6-19)12-10(15)7-9(14)8-17-12/h7-8,11H,2-6,16H2,1H3/t11-/m1/s1. The van der Waals surface area contributed by atoms with Crippen molar-refractivity contribution >= 4 is 34.9 Å². The number of carbonyl (C=O) groups excluding carboxylic acids is 1. The second-order valence-electron chi connectivity index (χ2n) is 4.79. The molecule has 0 aromatic carbocycles. The summed E-state index contributed by atoms with van der Waals surface area (Å²) in [4.78, 5) is 20.1. The number of pyridine rings is 1. The molecular weight excluding hydrogens is 299 g/mol. The fourth-order valence-electron chi connectivity index (χ4n) is 2.19. The molecule has 2 heterocycles. The minimum absolute atomic E-state index is 0.0160. The maximum atomic E-state index is 12.0. The van der Waals surface area contributed by atoms with Crippen molar-refractivity contribution in [3.05, 3.63) is 22.3 Å². The second kappa shape index (κ2) is 6.61. The van der Waals surface area contributed by atoms with Gasteiger partial charge in [0, 0.05) is 32.4 Å². The van der Waals surface area contributed by atoms with Crippen LogP contribution in [-0.4, -0.2) is 48.0 Å². The van der Waals surface area contributed by atoms with Crippen molar-refractivity contribution in [3.63, 3.8) is 0 Å². The number of halogens is 2. The zero-order valence-corrected chi connectivity index (χ0v) is 12.9. The highest BCUT2D eigenvalue weighted by atomic mass is 35.5. The molecule has 0 spiro atoms. The monoisotopic (exact) mass is 316 g/mol. The molecule has 0 saturated carbocycles. The minimum Gasteiger partial charge on any atom is -0.352 e. The van der Waals surface area contributed by atoms with Gasteiger partial charge < -0.3 is 15.5 Å². The number of aromatic nitrogens is 1. The molecule has 20 heavy (non-hydrogen) atoms. The molecule has 1 saturated heterocycles. The average molecular weight is 317 g/mol. The largest absolute Gasteiger partial charge is 0.352 e. The van der Waals surface area contributed by atoms with E-state index in [2.05, 4.69) is 9.88 Å². The predicted octanol–water partition coefficient (Wildman–Crippen LogP) is 1.77. The van der Waals surface area contributed by atoms with Gasteiger partial charge in [0.2, 0.25) is 5.91 Å². The minimum atomic E-state index is -0.404. The lowest BCUT2D eigenvalue weighted by atomic mass is 10.2. The van der Waals surface area contributed by atoms with Gasteiger partial charge in [0.15, 0.2) is 0 Å². The van der Waals surface area contributed by atoms with Gasteiger partial charge in [-0.2, -0.15) is 0 Å². The summed E-state index contributed by atoms with van der Waals surface area (Å²) < 4.78 is 0. The van der Waals surface area contributed by atoms with Crippen molar-refractivity contribution in [1.82, 2.24) is 9.88 Å². The Kier molecular flexibility index (Phi) is 5.07. The molecule has 1 amide bonds. The summed E-state index contributed by atoms with van der Waals surface area (Å²) in [5.41, 5.74) is 5.78. The quantitative estimate of drug-likeness (QED) is 0.923. The van der Waals surface area contributed by atoms with Gasteiger partial charge in [-0.3, -0.25) is 4.79 Å². The zero-order chi connectivity index (χ0) is 14.7. The fraction of sp³-hybridized carbons (Fsp3) is 0.538. The molecule has 1 aliphatic rings. The van der Waals surface area contributed by atoms with Gasteiger partial charge in [-0.15, -0.1) is 0 Å². The summed E-state index contributed by atoms with van der Waals surface area (Å²) in [7, 11) is 0. The number of carbonyl (C=O) groups is 1. The van der Waals surface area contributed by atoms with E-state index < -0.39 is 6.04 Å². The van der Waals surface area contributed by atoms with Crippen LogP contribution in [-0.2, 0) is 4.79 Å². The molecule has 7 heteroatoms. The van der Waals surface area contributed by atoms with Gasteiger partial charge in [-0.05, 0) is 12.5 Å². The highest BCUT2D eigenvalue weighted by molar-refractivity contribution is 6.36. The Labute approximate surface area is 128 Å². The maximum Gasteiger partial charge on any atom is 0.239 e. The van der Waals surface area contributed by atoms with Crippen molar-refractivity contribution in [3.8, 4) is 0 Å². The van der Waals surface area contributed by atoms with Gasteiger partial charge in [-0.25, -0.2) is 4.98 Å². The SMILES string of the molecule is CC[C@@H](N)C(=O)N1CCN(c2ncc(Cl)cc2Cl)CC1. The van der Waals surface area contributed by atoms with Crippen LogP contribution in [0, 0.1) is 0 Å². The van der Waals surface area contributed by atoms with Crippen LogP contribution < -0.4 is 10.6 Å². The molecule has 0 aliphatic carbocycles. The van der Waals surface area contributed by atoms with Gasteiger partial charge >= 0.3 is 0 Å². The van der Waals surface area contributed by atoms with Crippen LogP contribution in [0.1, 0.15) is 13.3 Å². The van der Waals surface area contributed by atoms with Crippen molar-refractivity contribution in [1.29, 1.82) is 0 Å². The van der Waals surface area contributed by atoms with Crippen molar-refractivity contribution in [2.45, 2.75) is 19.4 Å². The number of nitrogens with two attached hydrogens (primary N) is 1. The first kappa shape index (κ1) is 15.4. The highest BCUT2D eigenvalue weighted by Crippen LogP contribution is 2.26. The number of hydrogen-bond acceptors (Lipinski definition) is 4. The Balaban J connectivity index is 1.99. The molecule has 1 aromatic rings. The van der Waals surface area contributed by atoms with Crippen LogP contribution in [0.15, 0.2) is 12.3 Å². The van der Waals surface area contributed by atoms with E-state index in [1.54, 1.807) is 17.2 Å². The Hall–Kier alpha value is -1.04. The third-order valence-electron chi connectivity index (χ3n) is 3.44. The molecule has 5 nitrogen and oxygen atoms in total. The maximum absolute atomic E-state index is 12.0. The molecule has 1 aromatic heterocycles. The number of rotatable bonds is 3. The third kappa shape index (κ3) is 3.34. The molecule has 1 atom stereocenters. The summed E-state index contributed by atoms with van der Waals surface area (Å²) in [5.74, 6) is 0.727. The van der Waals surface area contributed by atoms with E-state index in [1.807, 2.05) is 6.92 Å². The molecular formula is C13H18Cl2N4O. The van der Waals surface area contributed by atoms with E-state index in [0.29, 0.717) is 48.5 Å². The predicted molar refractivity (Wildman–Crippen MR) is 81.3 cm³/mol. The van der Waals surface area contributed by atoms with E-state index in [9.17, 15) is 4.79 Å². The zero-order valence-electron chi connectivity index (χ0n) is 11.4. The summed E-state index contributed by atoms with van der Waals surface area (Å²) >= 11 is 12.0. The van der Waals surface area contributed by atoms with Crippen LogP contribution >= 0.6 is 23.2 Å². The third-order valence-corrected chi connectivity index (χ3v) is 3.92. The molecule has 0 unspecified atom stereocenters. The molecule has 2 rings (SSSR count). The Morgan fingerprint density at radius 1 is 1.40 bits per heavy atom. The van der Waals surface area contributed by atoms with Crippen molar-refractivity contribution in [2.24, 2.45) is 5.73 Å². The van der Waals surface area contributed by atoms with E-state index >= 15 is 0 Å². The number of hydrogen-bond donors (Lipinski definition) is 1. The molecule has 0 radical (unpaired) electrons. The van der Waals surface area contributed by atoms with Gasteiger partial charge in [0.1, 0.15) is 5.82 Å². The van der Waals surface area contributed by atoms with Crippen LogP contribution in [0.5, 0.6) is 0 Å². The number of nitrogens with zero attached hydrogens (tertiary/aromatic N) is 3. The first-order valence-electron chi connectivity index (χ1n) is 6.63.